The van der Waals surface area contributed by atoms with Gasteiger partial charge in [0.1, 0.15) is 0 Å². The Morgan fingerprint density at radius 2 is 1.85 bits per heavy atom. The van der Waals surface area contributed by atoms with Crippen LogP contribution in [0, 0.1) is 0 Å². The minimum atomic E-state index is -1.69. The molecule has 0 saturated carbocycles. The van der Waals surface area contributed by atoms with Crippen LogP contribution in [0.1, 0.15) is 5.56 Å². The Morgan fingerprint density at radius 1 is 1.23 bits per heavy atom. The summed E-state index contributed by atoms with van der Waals surface area (Å²) in [6.45, 7) is 0. The van der Waals surface area contributed by atoms with E-state index in [4.69, 9.17) is 20.5 Å². The zero-order valence-corrected chi connectivity index (χ0v) is 9.70. The molecule has 0 fully saturated rings. The van der Waals surface area contributed by atoms with E-state index in [0.29, 0.717) is 5.88 Å². The van der Waals surface area contributed by atoms with Crippen molar-refractivity contribution in [2.75, 3.05) is 14.2 Å². The van der Waals surface area contributed by atoms with Crippen LogP contribution in [0.25, 0.3) is 0 Å². The molecule has 0 saturated heterocycles. The van der Waals surface area contributed by atoms with Gasteiger partial charge in [-0.1, -0.05) is 24.3 Å². The van der Waals surface area contributed by atoms with E-state index >= 15 is 0 Å². The molecule has 0 unspecified atom stereocenters. The molecule has 0 aromatic heterocycles. The van der Waals surface area contributed by atoms with Crippen molar-refractivity contribution < 1.29 is 8.85 Å². The minimum Gasteiger partial charge on any atom is -0.397 e. The van der Waals surface area contributed by atoms with Crippen LogP contribution in [0.5, 0.6) is 0 Å². The SMILES string of the molecule is CO[SiH](OC)c1ccccc1CCl. The van der Waals surface area contributed by atoms with Gasteiger partial charge in [0, 0.05) is 20.1 Å². The third-order valence-electron chi connectivity index (χ3n) is 1.88. The second kappa shape index (κ2) is 5.39. The lowest BCUT2D eigenvalue weighted by Gasteiger charge is -2.13. The van der Waals surface area contributed by atoms with Gasteiger partial charge in [-0.2, -0.15) is 0 Å². The summed E-state index contributed by atoms with van der Waals surface area (Å²) >= 11 is 5.80. The van der Waals surface area contributed by atoms with E-state index in [1.165, 1.54) is 0 Å². The monoisotopic (exact) mass is 216 g/mol. The second-order valence-electron chi connectivity index (χ2n) is 2.64. The Hall–Kier alpha value is -0.353. The van der Waals surface area contributed by atoms with Gasteiger partial charge in [0.05, 0.1) is 0 Å². The number of hydrogen-bond acceptors (Lipinski definition) is 2. The maximum Gasteiger partial charge on any atom is 0.355 e. The zero-order valence-electron chi connectivity index (χ0n) is 7.79. The molecule has 2 nitrogen and oxygen atoms in total. The Balaban J connectivity index is 2.96. The topological polar surface area (TPSA) is 18.5 Å². The fraction of sp³-hybridized carbons (Fsp3) is 0.333. The molecule has 0 aliphatic rings. The zero-order chi connectivity index (χ0) is 9.68. The van der Waals surface area contributed by atoms with Crippen molar-refractivity contribution in [2.24, 2.45) is 0 Å². The summed E-state index contributed by atoms with van der Waals surface area (Å²) in [5.41, 5.74) is 1.10. The molecule has 0 spiro atoms. The first-order valence-electron chi connectivity index (χ1n) is 4.02. The fourth-order valence-electron chi connectivity index (χ4n) is 1.24. The Labute approximate surface area is 85.3 Å². The van der Waals surface area contributed by atoms with Gasteiger partial charge in [-0.3, -0.25) is 0 Å². The first-order chi connectivity index (χ1) is 6.33. The third kappa shape index (κ3) is 2.54. The predicted octanol–water partition coefficient (Wildman–Crippen LogP) is 1.15. The van der Waals surface area contributed by atoms with Gasteiger partial charge in [0.2, 0.25) is 0 Å². The number of halogens is 1. The Morgan fingerprint density at radius 3 is 2.38 bits per heavy atom. The highest BCUT2D eigenvalue weighted by Gasteiger charge is 2.15. The fourth-order valence-corrected chi connectivity index (χ4v) is 3.08. The van der Waals surface area contributed by atoms with Crippen LogP contribution in [0.2, 0.25) is 0 Å². The van der Waals surface area contributed by atoms with Gasteiger partial charge in [-0.15, -0.1) is 11.6 Å². The van der Waals surface area contributed by atoms with Crippen molar-refractivity contribution in [1.82, 2.24) is 0 Å². The predicted molar refractivity (Wildman–Crippen MR) is 56.8 cm³/mol. The Kier molecular flexibility index (Phi) is 4.45. The van der Waals surface area contributed by atoms with E-state index in [1.54, 1.807) is 14.2 Å². The van der Waals surface area contributed by atoms with Crippen molar-refractivity contribution in [3.05, 3.63) is 29.8 Å². The molecule has 72 valence electrons. The lowest BCUT2D eigenvalue weighted by molar-refractivity contribution is 0.291. The van der Waals surface area contributed by atoms with Gasteiger partial charge in [-0.25, -0.2) is 0 Å². The van der Waals surface area contributed by atoms with Gasteiger partial charge in [0.15, 0.2) is 0 Å². The van der Waals surface area contributed by atoms with Crippen molar-refractivity contribution in [3.8, 4) is 0 Å². The summed E-state index contributed by atoms with van der Waals surface area (Å²) in [5.74, 6) is 0.506. The van der Waals surface area contributed by atoms with Crippen molar-refractivity contribution in [1.29, 1.82) is 0 Å². The van der Waals surface area contributed by atoms with Gasteiger partial charge in [0.25, 0.3) is 0 Å². The summed E-state index contributed by atoms with van der Waals surface area (Å²) in [5, 5.41) is 1.13. The third-order valence-corrected chi connectivity index (χ3v) is 4.10. The lowest BCUT2D eigenvalue weighted by Crippen LogP contribution is -2.36. The first-order valence-corrected chi connectivity index (χ1v) is 6.08. The highest BCUT2D eigenvalue weighted by Crippen LogP contribution is 2.02. The molecule has 0 heterocycles. The molecular weight excluding hydrogens is 204 g/mol. The second-order valence-corrected chi connectivity index (χ2v) is 5.13. The van der Waals surface area contributed by atoms with E-state index < -0.39 is 9.28 Å². The molecule has 4 heteroatoms. The molecular formula is C9H13ClO2Si. The highest BCUT2D eigenvalue weighted by atomic mass is 35.5. The number of hydrogen-bond donors (Lipinski definition) is 0. The standard InChI is InChI=1S/C9H13ClO2Si/c1-11-13(12-2)9-6-4-3-5-8(9)7-10/h3-6,13H,7H2,1-2H3. The van der Waals surface area contributed by atoms with Gasteiger partial charge >= 0.3 is 9.28 Å². The maximum atomic E-state index is 5.80. The minimum absolute atomic E-state index is 0.506. The molecule has 0 amide bonds. The normalized spacial score (nSPS) is 10.8. The molecule has 13 heavy (non-hydrogen) atoms. The molecule has 0 radical (unpaired) electrons. The first kappa shape index (κ1) is 10.7. The lowest BCUT2D eigenvalue weighted by atomic mass is 10.2. The summed E-state index contributed by atoms with van der Waals surface area (Å²) in [6.07, 6.45) is 0. The average molecular weight is 217 g/mol. The van der Waals surface area contributed by atoms with Crippen LogP contribution in [-0.4, -0.2) is 23.5 Å². The van der Waals surface area contributed by atoms with Crippen LogP contribution in [-0.2, 0) is 14.7 Å². The largest absolute Gasteiger partial charge is 0.397 e. The molecule has 0 aliphatic heterocycles. The molecule has 0 atom stereocenters. The summed E-state index contributed by atoms with van der Waals surface area (Å²) in [6, 6.07) is 7.96. The molecule has 0 bridgehead atoms. The quantitative estimate of drug-likeness (QED) is 0.555. The molecule has 0 aliphatic carbocycles. The maximum absolute atomic E-state index is 5.80. The van der Waals surface area contributed by atoms with Crippen LogP contribution >= 0.6 is 11.6 Å². The van der Waals surface area contributed by atoms with E-state index in [9.17, 15) is 0 Å². The van der Waals surface area contributed by atoms with Crippen molar-refractivity contribution in [3.63, 3.8) is 0 Å². The summed E-state index contributed by atoms with van der Waals surface area (Å²) in [7, 11) is 1.65. The molecule has 0 N–H and O–H groups in total. The van der Waals surface area contributed by atoms with Crippen LogP contribution in [0.4, 0.5) is 0 Å². The summed E-state index contributed by atoms with van der Waals surface area (Å²) < 4.78 is 10.6. The van der Waals surface area contributed by atoms with Crippen molar-refractivity contribution in [2.45, 2.75) is 5.88 Å². The van der Waals surface area contributed by atoms with Crippen LogP contribution in [0.15, 0.2) is 24.3 Å². The van der Waals surface area contributed by atoms with Gasteiger partial charge in [-0.05, 0) is 10.8 Å². The van der Waals surface area contributed by atoms with Crippen LogP contribution < -0.4 is 5.19 Å². The summed E-state index contributed by atoms with van der Waals surface area (Å²) in [4.78, 5) is 0. The Bertz CT molecular complexity index is 264. The molecule has 1 rings (SSSR count). The van der Waals surface area contributed by atoms with E-state index in [2.05, 4.69) is 0 Å². The number of alkyl halides is 1. The van der Waals surface area contributed by atoms with Crippen molar-refractivity contribution >= 4 is 26.1 Å². The number of benzene rings is 1. The molecule has 1 aromatic carbocycles. The molecule has 1 aromatic rings. The smallest absolute Gasteiger partial charge is 0.355 e. The highest BCUT2D eigenvalue weighted by molar-refractivity contribution is 6.61. The van der Waals surface area contributed by atoms with Crippen LogP contribution in [0.3, 0.4) is 0 Å². The van der Waals surface area contributed by atoms with E-state index in [-0.39, 0.29) is 0 Å². The van der Waals surface area contributed by atoms with E-state index in [0.717, 1.165) is 10.8 Å². The average Bonchev–Trinajstić information content (AvgIpc) is 2.20. The number of rotatable bonds is 4. The van der Waals surface area contributed by atoms with Gasteiger partial charge < -0.3 is 8.85 Å². The van der Waals surface area contributed by atoms with E-state index in [1.807, 2.05) is 24.3 Å².